The van der Waals surface area contributed by atoms with Crippen molar-refractivity contribution in [3.63, 3.8) is 0 Å². The molecule has 0 aromatic carbocycles. The summed E-state index contributed by atoms with van der Waals surface area (Å²) in [6, 6.07) is 3.40. The Morgan fingerprint density at radius 3 is 2.83 bits per heavy atom. The Morgan fingerprint density at radius 2 is 2.04 bits per heavy atom. The predicted molar refractivity (Wildman–Crippen MR) is 87.8 cm³/mol. The molecule has 0 N–H and O–H groups in total. The van der Waals surface area contributed by atoms with Gasteiger partial charge >= 0.3 is 0 Å². The lowest BCUT2D eigenvalue weighted by Crippen LogP contribution is -2.26. The molecule has 2 aliphatic rings. The van der Waals surface area contributed by atoms with Gasteiger partial charge in [-0.1, -0.05) is 6.42 Å². The van der Waals surface area contributed by atoms with Crippen LogP contribution in [0.2, 0.25) is 0 Å². The first-order valence-corrected chi connectivity index (χ1v) is 8.53. The number of hydrogen-bond donors (Lipinski definition) is 0. The highest BCUT2D eigenvalue weighted by molar-refractivity contribution is 5.45. The zero-order valence-electron chi connectivity index (χ0n) is 13.5. The Bertz CT molecular complexity index is 742. The van der Waals surface area contributed by atoms with Crippen LogP contribution >= 0.6 is 0 Å². The van der Waals surface area contributed by atoms with Crippen molar-refractivity contribution in [2.75, 3.05) is 11.4 Å². The Labute approximate surface area is 139 Å². The van der Waals surface area contributed by atoms with Crippen molar-refractivity contribution in [1.82, 2.24) is 19.7 Å². The van der Waals surface area contributed by atoms with Gasteiger partial charge in [-0.15, -0.1) is 10.2 Å². The summed E-state index contributed by atoms with van der Waals surface area (Å²) in [5, 5.41) is 19.7. The predicted octanol–water partition coefficient (Wildman–Crippen LogP) is 2.65. The molecule has 1 fully saturated rings. The standard InChI is InChI=1S/C16H20N6O2/c23-22(24)12-7-8-14(17-11-12)20-10-4-5-13(20)16-19-18-15-6-2-1-3-9-21(15)16/h7-8,11,13H,1-6,9-10H2. The quantitative estimate of drug-likeness (QED) is 0.635. The third-order valence-corrected chi connectivity index (χ3v) is 4.93. The third-order valence-electron chi connectivity index (χ3n) is 4.93. The summed E-state index contributed by atoms with van der Waals surface area (Å²) in [6.07, 6.45) is 7.98. The lowest BCUT2D eigenvalue weighted by molar-refractivity contribution is -0.385. The normalized spacial score (nSPS) is 20.7. The monoisotopic (exact) mass is 328 g/mol. The number of hydrogen-bond acceptors (Lipinski definition) is 6. The number of pyridine rings is 1. The second-order valence-corrected chi connectivity index (χ2v) is 6.42. The maximum Gasteiger partial charge on any atom is 0.287 e. The van der Waals surface area contributed by atoms with E-state index in [1.54, 1.807) is 6.07 Å². The summed E-state index contributed by atoms with van der Waals surface area (Å²) >= 11 is 0. The van der Waals surface area contributed by atoms with Crippen LogP contribution in [0.5, 0.6) is 0 Å². The van der Waals surface area contributed by atoms with Gasteiger partial charge in [-0.2, -0.15) is 0 Å². The first kappa shape index (κ1) is 15.0. The van der Waals surface area contributed by atoms with Gasteiger partial charge in [0.15, 0.2) is 5.82 Å². The molecule has 0 radical (unpaired) electrons. The molecule has 0 saturated carbocycles. The van der Waals surface area contributed by atoms with Crippen LogP contribution in [-0.2, 0) is 13.0 Å². The minimum atomic E-state index is -0.420. The molecular weight excluding hydrogens is 308 g/mol. The lowest BCUT2D eigenvalue weighted by Gasteiger charge is -2.25. The van der Waals surface area contributed by atoms with Gasteiger partial charge in [-0.05, 0) is 31.7 Å². The van der Waals surface area contributed by atoms with Gasteiger partial charge in [-0.3, -0.25) is 10.1 Å². The Kier molecular flexibility index (Phi) is 3.87. The SMILES string of the molecule is O=[N+]([O-])c1ccc(N2CCCC2c2nnc3n2CCCCC3)nc1. The fourth-order valence-corrected chi connectivity index (χ4v) is 3.72. The molecule has 8 nitrogen and oxygen atoms in total. The molecule has 2 aromatic rings. The summed E-state index contributed by atoms with van der Waals surface area (Å²) < 4.78 is 2.28. The van der Waals surface area contributed by atoms with Crippen molar-refractivity contribution in [2.24, 2.45) is 0 Å². The average molecular weight is 328 g/mol. The van der Waals surface area contributed by atoms with Crippen LogP contribution in [0.1, 0.15) is 49.8 Å². The molecular formula is C16H20N6O2. The van der Waals surface area contributed by atoms with E-state index in [1.807, 2.05) is 0 Å². The van der Waals surface area contributed by atoms with E-state index in [-0.39, 0.29) is 11.7 Å². The van der Waals surface area contributed by atoms with Crippen LogP contribution in [0.3, 0.4) is 0 Å². The van der Waals surface area contributed by atoms with E-state index >= 15 is 0 Å². The van der Waals surface area contributed by atoms with Crippen molar-refractivity contribution in [3.05, 3.63) is 40.1 Å². The van der Waals surface area contributed by atoms with Gasteiger partial charge in [0.1, 0.15) is 17.8 Å². The fraction of sp³-hybridized carbons (Fsp3) is 0.562. The van der Waals surface area contributed by atoms with E-state index in [4.69, 9.17) is 0 Å². The fourth-order valence-electron chi connectivity index (χ4n) is 3.72. The van der Waals surface area contributed by atoms with Crippen molar-refractivity contribution in [3.8, 4) is 0 Å². The molecule has 2 aromatic heterocycles. The van der Waals surface area contributed by atoms with E-state index in [1.165, 1.54) is 31.5 Å². The Balaban J connectivity index is 1.63. The molecule has 1 unspecified atom stereocenters. The number of aromatic nitrogens is 4. The highest BCUT2D eigenvalue weighted by Crippen LogP contribution is 2.35. The Morgan fingerprint density at radius 1 is 1.12 bits per heavy atom. The molecule has 126 valence electrons. The second-order valence-electron chi connectivity index (χ2n) is 6.42. The smallest absolute Gasteiger partial charge is 0.287 e. The molecule has 4 heterocycles. The summed E-state index contributed by atoms with van der Waals surface area (Å²) in [5.74, 6) is 2.88. The van der Waals surface area contributed by atoms with E-state index < -0.39 is 4.92 Å². The minimum Gasteiger partial charge on any atom is -0.346 e. The number of fused-ring (bicyclic) bond motifs is 1. The molecule has 0 spiro atoms. The zero-order valence-corrected chi connectivity index (χ0v) is 13.5. The first-order valence-electron chi connectivity index (χ1n) is 8.53. The molecule has 1 atom stereocenters. The van der Waals surface area contributed by atoms with Crippen molar-refractivity contribution in [2.45, 2.75) is 51.1 Å². The molecule has 0 amide bonds. The average Bonchev–Trinajstić information content (AvgIpc) is 3.16. The molecule has 0 bridgehead atoms. The zero-order chi connectivity index (χ0) is 16.5. The van der Waals surface area contributed by atoms with Crippen molar-refractivity contribution in [1.29, 1.82) is 0 Å². The second kappa shape index (κ2) is 6.18. The van der Waals surface area contributed by atoms with Gasteiger partial charge in [0.05, 0.1) is 11.0 Å². The van der Waals surface area contributed by atoms with Gasteiger partial charge in [0.2, 0.25) is 0 Å². The summed E-state index contributed by atoms with van der Waals surface area (Å²) in [5.41, 5.74) is 0.0193. The van der Waals surface area contributed by atoms with Crippen LogP contribution in [0.4, 0.5) is 11.5 Å². The van der Waals surface area contributed by atoms with E-state index in [0.29, 0.717) is 0 Å². The Hall–Kier alpha value is -2.51. The molecule has 0 aliphatic carbocycles. The molecule has 24 heavy (non-hydrogen) atoms. The van der Waals surface area contributed by atoms with E-state index in [2.05, 4.69) is 24.6 Å². The first-order chi connectivity index (χ1) is 11.7. The maximum absolute atomic E-state index is 10.8. The van der Waals surface area contributed by atoms with Gasteiger partial charge in [0, 0.05) is 25.6 Å². The molecule has 2 aliphatic heterocycles. The van der Waals surface area contributed by atoms with Gasteiger partial charge < -0.3 is 9.47 Å². The number of anilines is 1. The summed E-state index contributed by atoms with van der Waals surface area (Å²) in [4.78, 5) is 16.9. The molecule has 1 saturated heterocycles. The summed E-state index contributed by atoms with van der Waals surface area (Å²) in [7, 11) is 0. The molecule has 8 heteroatoms. The van der Waals surface area contributed by atoms with E-state index in [0.717, 1.165) is 49.8 Å². The highest BCUT2D eigenvalue weighted by Gasteiger charge is 2.32. The van der Waals surface area contributed by atoms with Crippen LogP contribution < -0.4 is 4.90 Å². The van der Waals surface area contributed by atoms with E-state index in [9.17, 15) is 10.1 Å². The number of aryl methyl sites for hydroxylation is 1. The van der Waals surface area contributed by atoms with Crippen LogP contribution in [0, 0.1) is 10.1 Å². The number of rotatable bonds is 3. The number of nitro groups is 1. The number of nitrogens with zero attached hydrogens (tertiary/aromatic N) is 6. The maximum atomic E-state index is 10.8. The minimum absolute atomic E-state index is 0.0193. The highest BCUT2D eigenvalue weighted by atomic mass is 16.6. The summed E-state index contributed by atoms with van der Waals surface area (Å²) in [6.45, 7) is 1.87. The third kappa shape index (κ3) is 2.61. The van der Waals surface area contributed by atoms with Crippen LogP contribution in [-0.4, -0.2) is 31.2 Å². The van der Waals surface area contributed by atoms with Gasteiger partial charge in [-0.25, -0.2) is 4.98 Å². The van der Waals surface area contributed by atoms with Gasteiger partial charge in [0.25, 0.3) is 5.69 Å². The largest absolute Gasteiger partial charge is 0.346 e. The van der Waals surface area contributed by atoms with Crippen LogP contribution in [0.25, 0.3) is 0 Å². The van der Waals surface area contributed by atoms with Crippen molar-refractivity contribution < 1.29 is 4.92 Å². The topological polar surface area (TPSA) is 90.0 Å². The van der Waals surface area contributed by atoms with Crippen molar-refractivity contribution >= 4 is 11.5 Å². The van der Waals surface area contributed by atoms with Crippen LogP contribution in [0.15, 0.2) is 18.3 Å². The lowest BCUT2D eigenvalue weighted by atomic mass is 10.2. The molecule has 4 rings (SSSR count).